The van der Waals surface area contributed by atoms with Crippen LogP contribution in [0.4, 0.5) is 5.69 Å². The van der Waals surface area contributed by atoms with Crippen LogP contribution in [0.15, 0.2) is 46.9 Å². The first-order valence-electron chi connectivity index (χ1n) is 6.15. The van der Waals surface area contributed by atoms with E-state index in [1.54, 1.807) is 0 Å². The second kappa shape index (κ2) is 5.57. The van der Waals surface area contributed by atoms with Gasteiger partial charge in [-0.15, -0.1) is 0 Å². The van der Waals surface area contributed by atoms with Crippen molar-refractivity contribution in [2.75, 3.05) is 5.32 Å². The molecule has 1 atom stereocenters. The van der Waals surface area contributed by atoms with Gasteiger partial charge >= 0.3 is 0 Å². The summed E-state index contributed by atoms with van der Waals surface area (Å²) in [6.07, 6.45) is 0. The summed E-state index contributed by atoms with van der Waals surface area (Å²) in [6.45, 7) is 6.44. The lowest BCUT2D eigenvalue weighted by atomic mass is 10.0. The van der Waals surface area contributed by atoms with Crippen molar-refractivity contribution in [3.8, 4) is 0 Å². The van der Waals surface area contributed by atoms with Gasteiger partial charge in [-0.1, -0.05) is 51.8 Å². The van der Waals surface area contributed by atoms with Crippen molar-refractivity contribution >= 4 is 21.6 Å². The number of hydrogen-bond donors (Lipinski definition) is 1. The van der Waals surface area contributed by atoms with Crippen molar-refractivity contribution in [1.29, 1.82) is 0 Å². The summed E-state index contributed by atoms with van der Waals surface area (Å²) in [5.74, 6) is 0. The van der Waals surface area contributed by atoms with Gasteiger partial charge in [0.2, 0.25) is 0 Å². The van der Waals surface area contributed by atoms with Crippen molar-refractivity contribution in [3.63, 3.8) is 0 Å². The number of aryl methyl sites for hydroxylation is 2. The molecule has 2 aromatic rings. The Labute approximate surface area is 117 Å². The molecule has 0 radical (unpaired) electrons. The number of nitrogens with one attached hydrogen (secondary N) is 1. The molecule has 2 aromatic carbocycles. The molecule has 1 nitrogen and oxygen atoms in total. The normalized spacial score (nSPS) is 12.2. The molecule has 1 unspecified atom stereocenters. The Morgan fingerprint density at radius 3 is 2.56 bits per heavy atom. The molecule has 94 valence electrons. The smallest absolute Gasteiger partial charge is 0.0485 e. The first-order valence-corrected chi connectivity index (χ1v) is 6.95. The topological polar surface area (TPSA) is 12.0 Å². The van der Waals surface area contributed by atoms with Crippen LogP contribution in [0.5, 0.6) is 0 Å². The maximum absolute atomic E-state index is 3.56. The minimum absolute atomic E-state index is 0.304. The van der Waals surface area contributed by atoms with Gasteiger partial charge in [0, 0.05) is 16.2 Å². The van der Waals surface area contributed by atoms with E-state index in [1.165, 1.54) is 22.4 Å². The molecule has 0 heterocycles. The highest BCUT2D eigenvalue weighted by molar-refractivity contribution is 9.10. The van der Waals surface area contributed by atoms with Gasteiger partial charge in [-0.3, -0.25) is 0 Å². The van der Waals surface area contributed by atoms with Crippen LogP contribution >= 0.6 is 15.9 Å². The lowest BCUT2D eigenvalue weighted by Gasteiger charge is -2.18. The number of benzene rings is 2. The van der Waals surface area contributed by atoms with E-state index in [0.717, 1.165) is 4.47 Å². The van der Waals surface area contributed by atoms with Crippen molar-refractivity contribution in [1.82, 2.24) is 0 Å². The van der Waals surface area contributed by atoms with Crippen molar-refractivity contribution < 1.29 is 0 Å². The molecule has 0 spiro atoms. The average molecular weight is 304 g/mol. The number of halogens is 1. The second-order valence-corrected chi connectivity index (χ2v) is 5.66. The van der Waals surface area contributed by atoms with Crippen molar-refractivity contribution in [2.45, 2.75) is 26.8 Å². The van der Waals surface area contributed by atoms with Gasteiger partial charge in [0.1, 0.15) is 0 Å². The van der Waals surface area contributed by atoms with Gasteiger partial charge in [-0.2, -0.15) is 0 Å². The molecular weight excluding hydrogens is 286 g/mol. The average Bonchev–Trinajstić information content (AvgIpc) is 2.34. The molecule has 0 amide bonds. The summed E-state index contributed by atoms with van der Waals surface area (Å²) in [6, 6.07) is 15.2. The Hall–Kier alpha value is -1.28. The highest BCUT2D eigenvalue weighted by atomic mass is 79.9. The lowest BCUT2D eigenvalue weighted by Crippen LogP contribution is -2.07. The van der Waals surface area contributed by atoms with E-state index in [1.807, 2.05) is 0 Å². The highest BCUT2D eigenvalue weighted by Crippen LogP contribution is 2.25. The molecule has 18 heavy (non-hydrogen) atoms. The summed E-state index contributed by atoms with van der Waals surface area (Å²) < 4.78 is 1.10. The van der Waals surface area contributed by atoms with E-state index in [-0.39, 0.29) is 0 Å². The van der Waals surface area contributed by atoms with E-state index >= 15 is 0 Å². The van der Waals surface area contributed by atoms with Crippen LogP contribution < -0.4 is 5.32 Å². The number of hydrogen-bond acceptors (Lipinski definition) is 1. The molecule has 2 heteroatoms. The van der Waals surface area contributed by atoms with E-state index in [0.29, 0.717) is 6.04 Å². The zero-order valence-corrected chi connectivity index (χ0v) is 12.6. The zero-order valence-electron chi connectivity index (χ0n) is 11.0. The molecule has 0 aliphatic rings. The summed E-state index contributed by atoms with van der Waals surface area (Å²) in [5.41, 5.74) is 5.05. The summed E-state index contributed by atoms with van der Waals surface area (Å²) >= 11 is 3.51. The van der Waals surface area contributed by atoms with Gasteiger partial charge in [-0.05, 0) is 44.0 Å². The van der Waals surface area contributed by atoms with Crippen LogP contribution in [0.1, 0.15) is 29.7 Å². The third kappa shape index (κ3) is 3.14. The molecule has 0 saturated heterocycles. The molecule has 1 N–H and O–H groups in total. The van der Waals surface area contributed by atoms with E-state index < -0.39 is 0 Å². The molecule has 0 aliphatic heterocycles. The second-order valence-electron chi connectivity index (χ2n) is 4.74. The van der Waals surface area contributed by atoms with Crippen LogP contribution in [0.25, 0.3) is 0 Å². The molecule has 0 fully saturated rings. The van der Waals surface area contributed by atoms with Crippen molar-refractivity contribution in [2.24, 2.45) is 0 Å². The summed E-state index contributed by atoms with van der Waals surface area (Å²) in [5, 5.41) is 3.56. The van der Waals surface area contributed by atoms with Crippen LogP contribution in [-0.2, 0) is 0 Å². The van der Waals surface area contributed by atoms with Crippen LogP contribution in [0.3, 0.4) is 0 Å². The minimum Gasteiger partial charge on any atom is -0.378 e. The molecule has 0 bridgehead atoms. The van der Waals surface area contributed by atoms with Gasteiger partial charge in [0.05, 0.1) is 0 Å². The quantitative estimate of drug-likeness (QED) is 0.817. The predicted molar refractivity (Wildman–Crippen MR) is 82.1 cm³/mol. The Bertz CT molecular complexity index is 549. The third-order valence-electron chi connectivity index (χ3n) is 3.11. The van der Waals surface area contributed by atoms with E-state index in [4.69, 9.17) is 0 Å². The highest BCUT2D eigenvalue weighted by Gasteiger charge is 2.07. The van der Waals surface area contributed by atoms with Gasteiger partial charge in [0.25, 0.3) is 0 Å². The third-order valence-corrected chi connectivity index (χ3v) is 3.61. The zero-order chi connectivity index (χ0) is 13.1. The Morgan fingerprint density at radius 1 is 1.06 bits per heavy atom. The lowest BCUT2D eigenvalue weighted by molar-refractivity contribution is 0.880. The molecular formula is C16H18BrN. The maximum Gasteiger partial charge on any atom is 0.0485 e. The van der Waals surface area contributed by atoms with E-state index in [2.05, 4.69) is 84.5 Å². The van der Waals surface area contributed by atoms with Crippen molar-refractivity contribution in [3.05, 3.63) is 63.6 Å². The first-order chi connectivity index (χ1) is 8.56. The maximum atomic E-state index is 3.56. The fourth-order valence-corrected chi connectivity index (χ4v) is 2.37. The summed E-state index contributed by atoms with van der Waals surface area (Å²) in [7, 11) is 0. The first kappa shape index (κ1) is 13.2. The minimum atomic E-state index is 0.304. The Balaban J connectivity index is 2.21. The molecule has 0 saturated carbocycles. The molecule has 0 aromatic heterocycles. The van der Waals surface area contributed by atoms with Gasteiger partial charge in [-0.25, -0.2) is 0 Å². The fraction of sp³-hybridized carbons (Fsp3) is 0.250. The van der Waals surface area contributed by atoms with Crippen LogP contribution in [-0.4, -0.2) is 0 Å². The van der Waals surface area contributed by atoms with Crippen LogP contribution in [0.2, 0.25) is 0 Å². The number of anilines is 1. The van der Waals surface area contributed by atoms with Crippen LogP contribution in [0, 0.1) is 13.8 Å². The largest absolute Gasteiger partial charge is 0.378 e. The van der Waals surface area contributed by atoms with Gasteiger partial charge < -0.3 is 5.32 Å². The molecule has 0 aliphatic carbocycles. The SMILES string of the molecule is Cc1cccc(C(C)Nc2cc(Br)ccc2C)c1. The Kier molecular flexibility index (Phi) is 4.07. The predicted octanol–water partition coefficient (Wildman–Crippen LogP) is 5.24. The Morgan fingerprint density at radius 2 is 1.83 bits per heavy atom. The fourth-order valence-electron chi connectivity index (χ4n) is 2.01. The van der Waals surface area contributed by atoms with E-state index in [9.17, 15) is 0 Å². The van der Waals surface area contributed by atoms with Gasteiger partial charge in [0.15, 0.2) is 0 Å². The monoisotopic (exact) mass is 303 g/mol. The molecule has 2 rings (SSSR count). The summed E-state index contributed by atoms with van der Waals surface area (Å²) in [4.78, 5) is 0. The standard InChI is InChI=1S/C16H18BrN/c1-11-5-4-6-14(9-11)13(3)18-16-10-15(17)8-7-12(16)2/h4-10,13,18H,1-3H3. The number of rotatable bonds is 3.